The summed E-state index contributed by atoms with van der Waals surface area (Å²) in [5, 5.41) is 8.98. The third-order valence-electron chi connectivity index (χ3n) is 4.04. The zero-order valence-electron chi connectivity index (χ0n) is 14.0. The molecule has 4 heteroatoms. The van der Waals surface area contributed by atoms with Crippen LogP contribution in [0.5, 0.6) is 0 Å². The summed E-state index contributed by atoms with van der Waals surface area (Å²) in [7, 11) is 0. The third-order valence-corrected chi connectivity index (χ3v) is 4.04. The molecule has 0 unspecified atom stereocenters. The molecule has 0 aliphatic rings. The van der Waals surface area contributed by atoms with E-state index in [1.807, 2.05) is 41.8 Å². The Balaban J connectivity index is 2.18. The summed E-state index contributed by atoms with van der Waals surface area (Å²) >= 11 is 0. The van der Waals surface area contributed by atoms with E-state index in [1.165, 1.54) is 5.56 Å². The molecule has 0 aliphatic heterocycles. The number of hydrogen-bond donors (Lipinski definition) is 1. The van der Waals surface area contributed by atoms with Crippen molar-refractivity contribution in [1.29, 1.82) is 0 Å². The highest BCUT2D eigenvalue weighted by Crippen LogP contribution is 2.27. The molecule has 3 aromatic rings. The second-order valence-electron chi connectivity index (χ2n) is 6.23. The van der Waals surface area contributed by atoms with Crippen molar-refractivity contribution in [2.75, 3.05) is 0 Å². The molecular weight excluding hydrogens is 300 g/mol. The first kappa shape index (κ1) is 16.0. The molecule has 24 heavy (non-hydrogen) atoms. The predicted octanol–water partition coefficient (Wildman–Crippen LogP) is 4.53. The van der Waals surface area contributed by atoms with E-state index in [0.29, 0.717) is 5.92 Å². The summed E-state index contributed by atoms with van der Waals surface area (Å²) in [4.78, 5) is 15.6. The van der Waals surface area contributed by atoms with E-state index in [2.05, 4.69) is 26.0 Å². The average molecular weight is 320 g/mol. The number of rotatable bonds is 4. The third kappa shape index (κ3) is 3.08. The van der Waals surface area contributed by atoms with Crippen LogP contribution in [-0.2, 0) is 4.79 Å². The summed E-state index contributed by atoms with van der Waals surface area (Å²) in [6.45, 7) is 6.31. The van der Waals surface area contributed by atoms with Crippen molar-refractivity contribution < 1.29 is 9.90 Å². The van der Waals surface area contributed by atoms with Crippen LogP contribution in [0.15, 0.2) is 48.7 Å². The lowest BCUT2D eigenvalue weighted by atomic mass is 10.0. The number of aliphatic carboxylic acids is 1. The van der Waals surface area contributed by atoms with Crippen molar-refractivity contribution in [2.45, 2.75) is 26.7 Å². The van der Waals surface area contributed by atoms with E-state index in [4.69, 9.17) is 10.1 Å². The van der Waals surface area contributed by atoms with Gasteiger partial charge in [-0.25, -0.2) is 9.78 Å². The molecule has 0 saturated heterocycles. The van der Waals surface area contributed by atoms with Crippen LogP contribution in [0.2, 0.25) is 0 Å². The normalized spacial score (nSPS) is 11.7. The summed E-state index contributed by atoms with van der Waals surface area (Å²) in [6, 6.07) is 12.2. The number of pyridine rings is 1. The number of fused-ring (bicyclic) bond motifs is 1. The molecule has 0 bridgehead atoms. The molecule has 2 aromatic heterocycles. The topological polar surface area (TPSA) is 54.6 Å². The fourth-order valence-corrected chi connectivity index (χ4v) is 2.72. The minimum Gasteiger partial charge on any atom is -0.478 e. The highest BCUT2D eigenvalue weighted by molar-refractivity contribution is 5.87. The van der Waals surface area contributed by atoms with E-state index in [0.717, 1.165) is 34.2 Å². The van der Waals surface area contributed by atoms with Crippen LogP contribution in [0, 0.1) is 6.92 Å². The highest BCUT2D eigenvalue weighted by Gasteiger charge is 2.13. The van der Waals surface area contributed by atoms with Gasteiger partial charge in [0.25, 0.3) is 0 Å². The maximum absolute atomic E-state index is 10.9. The van der Waals surface area contributed by atoms with Gasteiger partial charge in [-0.15, -0.1) is 0 Å². The Hall–Kier alpha value is -2.88. The molecule has 122 valence electrons. The van der Waals surface area contributed by atoms with Gasteiger partial charge >= 0.3 is 5.97 Å². The second kappa shape index (κ2) is 6.32. The lowest BCUT2D eigenvalue weighted by Crippen LogP contribution is -1.92. The summed E-state index contributed by atoms with van der Waals surface area (Å²) < 4.78 is 1.93. The van der Waals surface area contributed by atoms with Crippen molar-refractivity contribution in [2.24, 2.45) is 0 Å². The monoisotopic (exact) mass is 320 g/mol. The summed E-state index contributed by atoms with van der Waals surface area (Å²) in [6.07, 6.45) is 4.72. The molecule has 1 aromatic carbocycles. The summed E-state index contributed by atoms with van der Waals surface area (Å²) in [5.41, 5.74) is 5.69. The largest absolute Gasteiger partial charge is 0.478 e. The molecule has 0 aliphatic carbocycles. The van der Waals surface area contributed by atoms with Crippen molar-refractivity contribution in [3.05, 3.63) is 65.5 Å². The lowest BCUT2D eigenvalue weighted by Gasteiger charge is -2.06. The van der Waals surface area contributed by atoms with Crippen LogP contribution in [0.1, 0.15) is 36.6 Å². The molecule has 1 N–H and O–H groups in total. The van der Waals surface area contributed by atoms with E-state index >= 15 is 0 Å². The van der Waals surface area contributed by atoms with E-state index in [1.54, 1.807) is 6.08 Å². The van der Waals surface area contributed by atoms with Crippen LogP contribution in [0.4, 0.5) is 0 Å². The number of carboxylic acids is 1. The molecular formula is C20H20N2O2. The maximum Gasteiger partial charge on any atom is 0.328 e. The maximum atomic E-state index is 10.9. The molecule has 0 radical (unpaired) electrons. The van der Waals surface area contributed by atoms with Gasteiger partial charge in [0.15, 0.2) is 0 Å². The molecule has 0 saturated carbocycles. The Morgan fingerprint density at radius 1 is 1.17 bits per heavy atom. The van der Waals surface area contributed by atoms with Crippen LogP contribution in [0.3, 0.4) is 0 Å². The molecule has 0 atom stereocenters. The predicted molar refractivity (Wildman–Crippen MR) is 96.1 cm³/mol. The highest BCUT2D eigenvalue weighted by atomic mass is 16.4. The van der Waals surface area contributed by atoms with E-state index in [9.17, 15) is 4.79 Å². The van der Waals surface area contributed by atoms with Crippen LogP contribution < -0.4 is 0 Å². The molecule has 3 rings (SSSR count). The van der Waals surface area contributed by atoms with Crippen molar-refractivity contribution in [1.82, 2.24) is 9.38 Å². The van der Waals surface area contributed by atoms with Crippen LogP contribution in [-0.4, -0.2) is 20.5 Å². The van der Waals surface area contributed by atoms with Gasteiger partial charge in [0, 0.05) is 17.8 Å². The van der Waals surface area contributed by atoms with Gasteiger partial charge in [0.05, 0.1) is 11.4 Å². The standard InChI is InChI=1S/C20H20N2O2/c1-13(2)15-5-7-16(8-6-15)20-17(9-11-19(23)24)22-12-14(3)4-10-18(22)21-20/h4-13H,1-3H3,(H,23,24)/b11-9+. The quantitative estimate of drug-likeness (QED) is 0.719. The Bertz CT molecular complexity index is 919. The average Bonchev–Trinajstić information content (AvgIpc) is 2.90. The van der Waals surface area contributed by atoms with Crippen molar-refractivity contribution >= 4 is 17.7 Å². The number of aryl methyl sites for hydroxylation is 1. The number of carboxylic acid groups (broad SMARTS) is 1. The molecule has 0 fully saturated rings. The van der Waals surface area contributed by atoms with Gasteiger partial charge < -0.3 is 5.11 Å². The molecule has 2 heterocycles. The minimum absolute atomic E-state index is 0.467. The number of benzene rings is 1. The Kier molecular flexibility index (Phi) is 4.21. The van der Waals surface area contributed by atoms with Gasteiger partial charge in [0.1, 0.15) is 5.65 Å². The second-order valence-corrected chi connectivity index (χ2v) is 6.23. The van der Waals surface area contributed by atoms with Gasteiger partial charge in [-0.05, 0) is 36.1 Å². The Morgan fingerprint density at radius 2 is 1.88 bits per heavy atom. The Labute approximate surface area is 141 Å². The van der Waals surface area contributed by atoms with Crippen molar-refractivity contribution in [3.63, 3.8) is 0 Å². The molecule has 4 nitrogen and oxygen atoms in total. The SMILES string of the molecule is Cc1ccc2nc(-c3ccc(C(C)C)cc3)c(/C=C/C(=O)O)n2c1. The first-order valence-corrected chi connectivity index (χ1v) is 7.96. The zero-order chi connectivity index (χ0) is 17.3. The van der Waals surface area contributed by atoms with Gasteiger partial charge in [-0.3, -0.25) is 4.40 Å². The van der Waals surface area contributed by atoms with Gasteiger partial charge in [0.2, 0.25) is 0 Å². The fourth-order valence-electron chi connectivity index (χ4n) is 2.72. The van der Waals surface area contributed by atoms with Gasteiger partial charge in [-0.1, -0.05) is 44.2 Å². The van der Waals surface area contributed by atoms with Gasteiger partial charge in [-0.2, -0.15) is 0 Å². The first-order valence-electron chi connectivity index (χ1n) is 7.96. The Morgan fingerprint density at radius 3 is 2.50 bits per heavy atom. The number of nitrogens with zero attached hydrogens (tertiary/aromatic N) is 2. The smallest absolute Gasteiger partial charge is 0.328 e. The van der Waals surface area contributed by atoms with E-state index in [-0.39, 0.29) is 0 Å². The number of carbonyl (C=O) groups is 1. The summed E-state index contributed by atoms with van der Waals surface area (Å²) in [5.74, 6) is -0.507. The first-order chi connectivity index (χ1) is 11.5. The van der Waals surface area contributed by atoms with Crippen LogP contribution >= 0.6 is 0 Å². The number of hydrogen-bond acceptors (Lipinski definition) is 2. The lowest BCUT2D eigenvalue weighted by molar-refractivity contribution is -0.131. The number of imidazole rings is 1. The van der Waals surface area contributed by atoms with Crippen LogP contribution in [0.25, 0.3) is 23.0 Å². The fraction of sp³-hybridized carbons (Fsp3) is 0.200. The number of aromatic nitrogens is 2. The molecule has 0 spiro atoms. The van der Waals surface area contributed by atoms with Crippen molar-refractivity contribution in [3.8, 4) is 11.3 Å². The molecule has 0 amide bonds. The van der Waals surface area contributed by atoms with E-state index < -0.39 is 5.97 Å². The minimum atomic E-state index is -0.973. The zero-order valence-corrected chi connectivity index (χ0v) is 14.0.